The van der Waals surface area contributed by atoms with E-state index in [1.807, 2.05) is 6.07 Å². The van der Waals surface area contributed by atoms with Crippen molar-refractivity contribution >= 4 is 23.2 Å². The first-order valence-electron chi connectivity index (χ1n) is 3.09. The number of anilines is 1. The number of hydrogen-bond acceptors (Lipinski definition) is 2. The monoisotopic (exact) mass is 168 g/mol. The van der Waals surface area contributed by atoms with Gasteiger partial charge in [-0.05, 0) is 24.4 Å². The number of rotatable bonds is 1. The maximum absolute atomic E-state index is 8.89. The molecule has 1 heterocycles. The quantitative estimate of drug-likeness (QED) is 0.642. The molecule has 1 N–H and O–H groups in total. The average molecular weight is 168 g/mol. The number of hydrogen-bond donors (Lipinski definition) is 1. The van der Waals surface area contributed by atoms with Crippen LogP contribution in [-0.2, 0) is 0 Å². The van der Waals surface area contributed by atoms with Crippen LogP contribution in [0.5, 0.6) is 0 Å². The Bertz CT molecular complexity index is 250. The van der Waals surface area contributed by atoms with E-state index in [4.69, 9.17) is 5.11 Å². The van der Waals surface area contributed by atoms with Gasteiger partial charge in [-0.15, -0.1) is 0 Å². The van der Waals surface area contributed by atoms with Crippen LogP contribution in [0.1, 0.15) is 0 Å². The topological polar surface area (TPSA) is 36.4 Å². The predicted octanol–water partition coefficient (Wildman–Crippen LogP) is 1.36. The van der Waals surface area contributed by atoms with E-state index < -0.39 is 0 Å². The Kier molecular flexibility index (Phi) is 2.38. The molecule has 0 saturated heterocycles. The number of thiocarbonyl (C=S) groups is 1. The number of aromatic nitrogens is 1. The largest absolute Gasteiger partial charge is 0.486 e. The van der Waals surface area contributed by atoms with Gasteiger partial charge in [-0.1, -0.05) is 6.07 Å². The fraction of sp³-hybridized carbons (Fsp3) is 0.143. The first-order chi connectivity index (χ1) is 5.22. The van der Waals surface area contributed by atoms with Crippen LogP contribution < -0.4 is 4.90 Å². The average Bonchev–Trinajstić information content (AvgIpc) is 2.05. The lowest BCUT2D eigenvalue weighted by Crippen LogP contribution is -2.24. The van der Waals surface area contributed by atoms with Gasteiger partial charge in [0.05, 0.1) is 0 Å². The summed E-state index contributed by atoms with van der Waals surface area (Å²) in [6.45, 7) is 0. The molecule has 0 aliphatic carbocycles. The molecule has 1 aromatic heterocycles. The highest BCUT2D eigenvalue weighted by Gasteiger charge is 2.03. The second-order valence-electron chi connectivity index (χ2n) is 2.03. The minimum atomic E-state index is -0.177. The van der Waals surface area contributed by atoms with E-state index in [-0.39, 0.29) is 5.17 Å². The van der Waals surface area contributed by atoms with Gasteiger partial charge in [0.1, 0.15) is 5.82 Å². The van der Waals surface area contributed by atoms with E-state index in [9.17, 15) is 0 Å². The number of pyridine rings is 1. The number of nitrogens with zero attached hydrogens (tertiary/aromatic N) is 2. The van der Waals surface area contributed by atoms with E-state index in [2.05, 4.69) is 17.2 Å². The highest BCUT2D eigenvalue weighted by atomic mass is 32.1. The lowest BCUT2D eigenvalue weighted by Gasteiger charge is -2.12. The molecule has 0 bridgehead atoms. The van der Waals surface area contributed by atoms with Crippen LogP contribution in [-0.4, -0.2) is 22.3 Å². The van der Waals surface area contributed by atoms with Crippen LogP contribution in [0.15, 0.2) is 24.4 Å². The third-order valence-corrected chi connectivity index (χ3v) is 1.55. The molecule has 0 spiro atoms. The Morgan fingerprint density at radius 2 is 2.36 bits per heavy atom. The summed E-state index contributed by atoms with van der Waals surface area (Å²) < 4.78 is 0. The van der Waals surface area contributed by atoms with Crippen molar-refractivity contribution in [1.29, 1.82) is 0 Å². The molecule has 58 valence electrons. The zero-order valence-electron chi connectivity index (χ0n) is 6.06. The zero-order chi connectivity index (χ0) is 8.27. The van der Waals surface area contributed by atoms with Crippen molar-refractivity contribution in [2.24, 2.45) is 0 Å². The molecule has 0 atom stereocenters. The van der Waals surface area contributed by atoms with Gasteiger partial charge in [-0.25, -0.2) is 4.98 Å². The molecule has 0 saturated carbocycles. The molecule has 0 unspecified atom stereocenters. The van der Waals surface area contributed by atoms with Crippen LogP contribution in [0.4, 0.5) is 5.82 Å². The maximum Gasteiger partial charge on any atom is 0.262 e. The summed E-state index contributed by atoms with van der Waals surface area (Å²) in [5.41, 5.74) is 0. The van der Waals surface area contributed by atoms with Crippen LogP contribution in [0.25, 0.3) is 0 Å². The van der Waals surface area contributed by atoms with Crippen LogP contribution >= 0.6 is 12.2 Å². The van der Waals surface area contributed by atoms with Crippen molar-refractivity contribution in [2.45, 2.75) is 0 Å². The van der Waals surface area contributed by atoms with Crippen molar-refractivity contribution in [1.82, 2.24) is 4.98 Å². The van der Waals surface area contributed by atoms with Crippen molar-refractivity contribution in [2.75, 3.05) is 11.9 Å². The fourth-order valence-electron chi connectivity index (χ4n) is 0.650. The molecule has 1 aromatic rings. The summed E-state index contributed by atoms with van der Waals surface area (Å²) in [5, 5.41) is 8.71. The summed E-state index contributed by atoms with van der Waals surface area (Å²) in [6, 6.07) is 5.40. The molecule has 3 nitrogen and oxygen atoms in total. The van der Waals surface area contributed by atoms with Crippen molar-refractivity contribution in [3.8, 4) is 0 Å². The SMILES string of the molecule is CN(C(O)=S)c1ccccn1. The molecule has 4 heteroatoms. The van der Waals surface area contributed by atoms with Gasteiger partial charge < -0.3 is 5.11 Å². The Morgan fingerprint density at radius 3 is 2.82 bits per heavy atom. The van der Waals surface area contributed by atoms with Crippen molar-refractivity contribution < 1.29 is 5.11 Å². The van der Waals surface area contributed by atoms with Crippen molar-refractivity contribution in [3.63, 3.8) is 0 Å². The van der Waals surface area contributed by atoms with Gasteiger partial charge in [-0.3, -0.25) is 4.90 Å². The molecule has 0 aromatic carbocycles. The molecule has 0 radical (unpaired) electrons. The lowest BCUT2D eigenvalue weighted by molar-refractivity contribution is 0.553. The third kappa shape index (κ3) is 1.88. The summed E-state index contributed by atoms with van der Waals surface area (Å²) in [6.07, 6.45) is 1.64. The van der Waals surface area contributed by atoms with Crippen LogP contribution in [0.2, 0.25) is 0 Å². The summed E-state index contributed by atoms with van der Waals surface area (Å²) in [7, 11) is 1.66. The van der Waals surface area contributed by atoms with Gasteiger partial charge in [0.15, 0.2) is 0 Å². The maximum atomic E-state index is 8.89. The van der Waals surface area contributed by atoms with Gasteiger partial charge in [0.2, 0.25) is 0 Å². The minimum Gasteiger partial charge on any atom is -0.486 e. The summed E-state index contributed by atoms with van der Waals surface area (Å²) >= 11 is 4.54. The van der Waals surface area contributed by atoms with Crippen LogP contribution in [0.3, 0.4) is 0 Å². The summed E-state index contributed by atoms with van der Waals surface area (Å²) in [5.74, 6) is 0.639. The molecule has 0 aliphatic rings. The number of aliphatic hydroxyl groups excluding tert-OH is 1. The summed E-state index contributed by atoms with van der Waals surface area (Å²) in [4.78, 5) is 5.40. The van der Waals surface area contributed by atoms with Gasteiger partial charge in [0.25, 0.3) is 5.17 Å². The Hall–Kier alpha value is -1.16. The minimum absolute atomic E-state index is 0.177. The normalized spacial score (nSPS) is 9.18. The lowest BCUT2D eigenvalue weighted by atomic mass is 10.4. The molecular weight excluding hydrogens is 160 g/mol. The molecule has 11 heavy (non-hydrogen) atoms. The van der Waals surface area contributed by atoms with Crippen molar-refractivity contribution in [3.05, 3.63) is 24.4 Å². The van der Waals surface area contributed by atoms with E-state index in [0.29, 0.717) is 5.82 Å². The first kappa shape index (κ1) is 7.94. The fourth-order valence-corrected chi connectivity index (χ4v) is 0.744. The van der Waals surface area contributed by atoms with E-state index >= 15 is 0 Å². The van der Waals surface area contributed by atoms with E-state index in [0.717, 1.165) is 0 Å². The Morgan fingerprint density at radius 1 is 1.64 bits per heavy atom. The first-order valence-corrected chi connectivity index (χ1v) is 3.50. The highest BCUT2D eigenvalue weighted by molar-refractivity contribution is 7.80. The van der Waals surface area contributed by atoms with Gasteiger partial charge in [-0.2, -0.15) is 0 Å². The van der Waals surface area contributed by atoms with Gasteiger partial charge in [0, 0.05) is 13.2 Å². The standard InChI is InChI=1S/C7H8N2OS/c1-9(7(10)11)6-4-2-3-5-8-6/h2-5H,1H3,(H,10,11). The van der Waals surface area contributed by atoms with Crippen LogP contribution in [0, 0.1) is 0 Å². The van der Waals surface area contributed by atoms with Gasteiger partial charge >= 0.3 is 0 Å². The molecule has 1 rings (SSSR count). The molecule has 0 aliphatic heterocycles. The van der Waals surface area contributed by atoms with E-state index in [1.54, 1.807) is 25.4 Å². The second kappa shape index (κ2) is 3.30. The molecular formula is C7H8N2OS. The van der Waals surface area contributed by atoms with E-state index in [1.165, 1.54) is 4.90 Å². The Balaban J connectivity index is 2.85. The highest BCUT2D eigenvalue weighted by Crippen LogP contribution is 2.05. The Labute approximate surface area is 70.3 Å². The molecule has 0 fully saturated rings. The number of aliphatic hydroxyl groups is 1. The smallest absolute Gasteiger partial charge is 0.262 e. The second-order valence-corrected chi connectivity index (χ2v) is 2.39. The predicted molar refractivity (Wildman–Crippen MR) is 47.9 cm³/mol. The molecule has 0 amide bonds. The zero-order valence-corrected chi connectivity index (χ0v) is 6.88. The third-order valence-electron chi connectivity index (χ3n) is 1.28.